The zero-order chi connectivity index (χ0) is 57.4. The molecule has 0 amide bonds. The van der Waals surface area contributed by atoms with Crippen molar-refractivity contribution in [3.05, 3.63) is 134 Å². The number of aromatic hydroxyl groups is 8. The van der Waals surface area contributed by atoms with E-state index in [0.717, 1.165) is 36.4 Å². The Bertz CT molecular complexity index is 3870. The Morgan fingerprint density at radius 1 is 0.444 bits per heavy atom. The van der Waals surface area contributed by atoms with Crippen LogP contribution in [-0.4, -0.2) is 122 Å². The van der Waals surface area contributed by atoms with E-state index in [1.807, 2.05) is 0 Å². The molecule has 0 saturated carbocycles. The van der Waals surface area contributed by atoms with Gasteiger partial charge in [0.05, 0.1) is 89.4 Å². The van der Waals surface area contributed by atoms with E-state index in [4.69, 9.17) is 28.4 Å². The molecule has 0 atom stereocenters. The Balaban J connectivity index is 0.805. The van der Waals surface area contributed by atoms with Crippen molar-refractivity contribution in [2.75, 3.05) is 39.6 Å². The lowest BCUT2D eigenvalue weighted by Crippen LogP contribution is -2.21. The van der Waals surface area contributed by atoms with Gasteiger partial charge in [-0.15, -0.1) is 0 Å². The molecule has 6 aromatic carbocycles. The minimum atomic E-state index is -1.03. The van der Waals surface area contributed by atoms with Crippen molar-refractivity contribution in [2.24, 2.45) is 0 Å². The molecular formula is C60H48O21. The van der Waals surface area contributed by atoms with Gasteiger partial charge < -0.3 is 69.3 Å². The number of esters is 3. The van der Waals surface area contributed by atoms with Crippen molar-refractivity contribution in [3.8, 4) is 51.7 Å². The lowest BCUT2D eigenvalue weighted by atomic mass is 9.84. The number of hydrogen-bond acceptors (Lipinski definition) is 21. The third kappa shape index (κ3) is 10.0. The van der Waals surface area contributed by atoms with Gasteiger partial charge in [-0.1, -0.05) is 48.6 Å². The van der Waals surface area contributed by atoms with Gasteiger partial charge in [0.15, 0.2) is 11.5 Å². The molecule has 414 valence electrons. The molecular weight excluding hydrogens is 1060 g/mol. The molecule has 0 heterocycles. The fourth-order valence-electron chi connectivity index (χ4n) is 10.0. The smallest absolute Gasteiger partial charge is 0.338 e. The summed E-state index contributed by atoms with van der Waals surface area (Å²) in [5.41, 5.74) is -0.808. The minimum absolute atomic E-state index is 0.00374. The summed E-state index contributed by atoms with van der Waals surface area (Å²) in [5, 5.41) is 87.7. The average molecular weight is 1110 g/mol. The molecule has 0 aromatic heterocycles. The van der Waals surface area contributed by atoms with Crippen LogP contribution >= 0.6 is 0 Å². The molecule has 4 aliphatic carbocycles. The number of hydrogen-bond donors (Lipinski definition) is 8. The van der Waals surface area contributed by atoms with Gasteiger partial charge in [-0.25, -0.2) is 14.4 Å². The number of allylic oxidation sites excluding steroid dienone is 4. The van der Waals surface area contributed by atoms with Crippen LogP contribution in [0.1, 0.15) is 117 Å². The van der Waals surface area contributed by atoms with Crippen molar-refractivity contribution in [3.63, 3.8) is 0 Å². The van der Waals surface area contributed by atoms with Gasteiger partial charge in [-0.2, -0.15) is 0 Å². The number of Topliss-reactive ketones (excluding diaryl/α,β-unsaturated/α-hetero) is 2. The Hall–Kier alpha value is -10.3. The van der Waals surface area contributed by atoms with Crippen LogP contribution in [0.15, 0.2) is 72.8 Å². The molecule has 21 heteroatoms. The van der Waals surface area contributed by atoms with E-state index in [2.05, 4.69) is 0 Å². The predicted molar refractivity (Wildman–Crippen MR) is 286 cm³/mol. The van der Waals surface area contributed by atoms with E-state index in [1.54, 1.807) is 36.4 Å². The number of fused-ring (bicyclic) bond motifs is 6. The van der Waals surface area contributed by atoms with Crippen LogP contribution in [-0.2, 0) is 46.1 Å². The highest BCUT2D eigenvalue weighted by atomic mass is 16.5. The quantitative estimate of drug-likeness (QED) is 0.00770. The topological polar surface area (TPSA) is 337 Å². The lowest BCUT2D eigenvalue weighted by molar-refractivity contribution is -0.111. The first-order chi connectivity index (χ1) is 39.0. The van der Waals surface area contributed by atoms with Crippen molar-refractivity contribution < 1.29 is 103 Å². The first-order valence-corrected chi connectivity index (χ1v) is 25.5. The SMILES string of the molecule is O=C1C=C(OCCCOC(=O)c2cc(C(=O)OCCCOC3=CC(=O)C(=O)c4c(O)c5c(c(O)c43)C=CCC5)cc(C(=O)OCCCOc3cc(O)c(O)c4c(O)c5ccccc5c(O)c34)c2)c2c(O)c3c(c(O)c2C1=O)C=CCC3. The van der Waals surface area contributed by atoms with Crippen LogP contribution in [0.2, 0.25) is 0 Å². The predicted octanol–water partition coefficient (Wildman–Crippen LogP) is 7.92. The maximum atomic E-state index is 13.6. The number of rotatable bonds is 18. The summed E-state index contributed by atoms with van der Waals surface area (Å²) in [7, 11) is 0. The van der Waals surface area contributed by atoms with E-state index < -0.39 is 75.4 Å². The first kappa shape index (κ1) is 54.1. The van der Waals surface area contributed by atoms with Gasteiger partial charge in [0.25, 0.3) is 0 Å². The van der Waals surface area contributed by atoms with Crippen LogP contribution < -0.4 is 4.74 Å². The number of phenolic OH excluding ortho intramolecular Hbond substituents is 8. The zero-order valence-corrected chi connectivity index (χ0v) is 42.7. The Morgan fingerprint density at radius 2 is 0.852 bits per heavy atom. The van der Waals surface area contributed by atoms with Crippen molar-refractivity contribution in [1.82, 2.24) is 0 Å². The molecule has 0 fully saturated rings. The van der Waals surface area contributed by atoms with E-state index in [9.17, 15) is 74.4 Å². The van der Waals surface area contributed by atoms with Gasteiger partial charge in [0, 0.05) is 70.5 Å². The molecule has 0 aliphatic heterocycles. The maximum absolute atomic E-state index is 13.6. The lowest BCUT2D eigenvalue weighted by Gasteiger charge is -2.24. The Labute approximate surface area is 458 Å². The van der Waals surface area contributed by atoms with Crippen molar-refractivity contribution in [1.29, 1.82) is 0 Å². The molecule has 0 bridgehead atoms. The summed E-state index contributed by atoms with van der Waals surface area (Å²) >= 11 is 0. The van der Waals surface area contributed by atoms with Crippen LogP contribution in [0.25, 0.3) is 45.2 Å². The molecule has 10 rings (SSSR count). The van der Waals surface area contributed by atoms with Gasteiger partial charge >= 0.3 is 17.9 Å². The van der Waals surface area contributed by atoms with Gasteiger partial charge in [0.1, 0.15) is 51.8 Å². The second kappa shape index (κ2) is 22.2. The third-order valence-electron chi connectivity index (χ3n) is 13.9. The number of ketones is 4. The first-order valence-electron chi connectivity index (χ1n) is 25.5. The highest BCUT2D eigenvalue weighted by Crippen LogP contribution is 2.52. The number of phenols is 8. The second-order valence-electron chi connectivity index (χ2n) is 19.0. The number of carbonyl (C=O) groups is 7. The molecule has 0 unspecified atom stereocenters. The summed E-state index contributed by atoms with van der Waals surface area (Å²) in [4.78, 5) is 91.9. The summed E-state index contributed by atoms with van der Waals surface area (Å²) in [5.74, 6) is -11.3. The summed E-state index contributed by atoms with van der Waals surface area (Å²) < 4.78 is 33.8. The largest absolute Gasteiger partial charge is 0.507 e. The van der Waals surface area contributed by atoms with Crippen LogP contribution in [0.3, 0.4) is 0 Å². The van der Waals surface area contributed by atoms with Gasteiger partial charge in [-0.3, -0.25) is 19.2 Å². The molecule has 4 aliphatic rings. The molecule has 0 radical (unpaired) electrons. The van der Waals surface area contributed by atoms with E-state index in [0.29, 0.717) is 36.8 Å². The normalized spacial score (nSPS) is 14.1. The van der Waals surface area contributed by atoms with E-state index >= 15 is 0 Å². The Morgan fingerprint density at radius 3 is 1.33 bits per heavy atom. The molecule has 21 nitrogen and oxygen atoms in total. The molecule has 8 N–H and O–H groups in total. The highest BCUT2D eigenvalue weighted by molar-refractivity contribution is 6.52. The summed E-state index contributed by atoms with van der Waals surface area (Å²) in [6.45, 7) is -1.61. The standard InChI is InChI=1S/C60H48O21/c61-37-25-40(43-46(55(37)70)52(67)34-13-4-1-10-31(34)49(43)64)76-16-7-19-79-58(73)28-22-29(59(74)80-20-8-17-77-41-26-38(62)56(71)47-44(41)50(65)32-11-2-5-14-35(32)53(47)68)24-30(23-28)60(75)81-21-9-18-78-42-27-39(63)57(72)48-45(42)51(66)33-12-3-6-15-36(33)54(48)69/h1-2,4,6,10-11,13,15,22-27,61,64-70H,3,5,7-9,12,14,16-21H2. The molecule has 0 spiro atoms. The minimum Gasteiger partial charge on any atom is -0.507 e. The van der Waals surface area contributed by atoms with Crippen molar-refractivity contribution >= 4 is 86.3 Å². The third-order valence-corrected chi connectivity index (χ3v) is 13.9. The zero-order valence-electron chi connectivity index (χ0n) is 42.7. The molecule has 0 saturated heterocycles. The fraction of sp³-hybridized carbons (Fsp3) is 0.217. The van der Waals surface area contributed by atoms with E-state index in [1.165, 1.54) is 12.1 Å². The van der Waals surface area contributed by atoms with Crippen LogP contribution in [0, 0.1) is 0 Å². The number of benzene rings is 6. The monoisotopic (exact) mass is 1100 g/mol. The van der Waals surface area contributed by atoms with Crippen molar-refractivity contribution in [2.45, 2.75) is 44.9 Å². The fourth-order valence-corrected chi connectivity index (χ4v) is 10.0. The number of ether oxygens (including phenoxy) is 6. The second-order valence-corrected chi connectivity index (χ2v) is 19.0. The van der Waals surface area contributed by atoms with Gasteiger partial charge in [-0.05, 0) is 43.9 Å². The van der Waals surface area contributed by atoms with Crippen LogP contribution in [0.4, 0.5) is 0 Å². The maximum Gasteiger partial charge on any atom is 0.338 e. The average Bonchev–Trinajstić information content (AvgIpc) is 3.62. The molecule has 81 heavy (non-hydrogen) atoms. The molecule has 6 aromatic rings. The summed E-state index contributed by atoms with van der Waals surface area (Å²) in [6, 6.07) is 10.6. The van der Waals surface area contributed by atoms with E-state index in [-0.39, 0.29) is 159 Å². The van der Waals surface area contributed by atoms with Gasteiger partial charge in [0.2, 0.25) is 23.1 Å². The highest BCUT2D eigenvalue weighted by Gasteiger charge is 2.38. The van der Waals surface area contributed by atoms with Crippen LogP contribution in [0.5, 0.6) is 51.7 Å². The summed E-state index contributed by atoms with van der Waals surface area (Å²) in [6.07, 6.45) is 10.2. The Kier molecular flexibility index (Phi) is 14.8. The number of carbonyl (C=O) groups excluding carboxylic acids is 7.